The van der Waals surface area contributed by atoms with E-state index in [1.165, 1.54) is 11.0 Å². The predicted molar refractivity (Wildman–Crippen MR) is 156 cm³/mol. The molecule has 208 valence electrons. The summed E-state index contributed by atoms with van der Waals surface area (Å²) in [6.45, 7) is 3.06. The Morgan fingerprint density at radius 1 is 1.18 bits per heavy atom. The minimum Gasteiger partial charge on any atom is -0.365 e. The van der Waals surface area contributed by atoms with Crippen LogP contribution in [0.15, 0.2) is 48.7 Å². The minimum absolute atomic E-state index is 0.0272. The van der Waals surface area contributed by atoms with Crippen LogP contribution in [-0.4, -0.2) is 78.4 Å². The van der Waals surface area contributed by atoms with E-state index in [0.29, 0.717) is 24.9 Å². The fourth-order valence-corrected chi connectivity index (χ4v) is 4.31. The third kappa shape index (κ3) is 9.41. The van der Waals surface area contributed by atoms with Crippen LogP contribution in [0, 0.1) is 17.8 Å². The normalized spacial score (nSPS) is 17.7. The lowest BCUT2D eigenvalue weighted by Gasteiger charge is -2.30. The van der Waals surface area contributed by atoms with Gasteiger partial charge in [0, 0.05) is 45.2 Å². The molecule has 1 fully saturated rings. The lowest BCUT2D eigenvalue weighted by molar-refractivity contribution is -0.135. The monoisotopic (exact) mass is 531 g/mol. The van der Waals surface area contributed by atoms with Crippen LogP contribution in [0.25, 0.3) is 0 Å². The fraction of sp³-hybridized carbons (Fsp3) is 0.467. The van der Waals surface area contributed by atoms with Gasteiger partial charge < -0.3 is 25.8 Å². The quantitative estimate of drug-likeness (QED) is 0.320. The Kier molecular flexibility index (Phi) is 11.3. The Morgan fingerprint density at radius 2 is 1.95 bits per heavy atom. The van der Waals surface area contributed by atoms with Crippen molar-refractivity contribution in [1.29, 1.82) is 0 Å². The van der Waals surface area contributed by atoms with Gasteiger partial charge in [-0.3, -0.25) is 9.59 Å². The molecule has 39 heavy (non-hydrogen) atoms. The first-order valence-corrected chi connectivity index (χ1v) is 13.5. The van der Waals surface area contributed by atoms with Crippen molar-refractivity contribution in [1.82, 2.24) is 25.1 Å². The Balaban J connectivity index is 1.60. The second kappa shape index (κ2) is 14.9. The molecule has 2 amide bonds. The van der Waals surface area contributed by atoms with Crippen molar-refractivity contribution < 1.29 is 9.59 Å². The third-order valence-corrected chi connectivity index (χ3v) is 6.79. The van der Waals surface area contributed by atoms with Crippen molar-refractivity contribution >= 4 is 23.6 Å². The average molecular weight is 532 g/mol. The van der Waals surface area contributed by atoms with Crippen LogP contribution >= 0.6 is 0 Å². The molecule has 0 bridgehead atoms. The van der Waals surface area contributed by atoms with E-state index in [1.807, 2.05) is 37.2 Å². The smallest absolute Gasteiger partial charge is 0.246 e. The molecule has 1 heterocycles. The van der Waals surface area contributed by atoms with Crippen molar-refractivity contribution in [3.63, 3.8) is 0 Å². The number of anilines is 2. The van der Waals surface area contributed by atoms with Crippen molar-refractivity contribution in [2.24, 2.45) is 5.92 Å². The van der Waals surface area contributed by atoms with Crippen molar-refractivity contribution in [2.45, 2.75) is 51.2 Å². The van der Waals surface area contributed by atoms with E-state index in [1.54, 1.807) is 33.3 Å². The molecule has 1 aromatic carbocycles. The number of hydrogen-bond donors (Lipinski definition) is 3. The van der Waals surface area contributed by atoms with Gasteiger partial charge in [-0.2, -0.15) is 4.98 Å². The Hall–Kier alpha value is -3.90. The summed E-state index contributed by atoms with van der Waals surface area (Å²) in [4.78, 5) is 37.7. The first-order chi connectivity index (χ1) is 18.8. The van der Waals surface area contributed by atoms with Crippen LogP contribution in [0.4, 0.5) is 11.8 Å². The van der Waals surface area contributed by atoms with E-state index in [-0.39, 0.29) is 23.8 Å². The largest absolute Gasteiger partial charge is 0.365 e. The molecule has 0 aliphatic heterocycles. The van der Waals surface area contributed by atoms with E-state index >= 15 is 0 Å². The Bertz CT molecular complexity index is 1190. The van der Waals surface area contributed by atoms with Crippen LogP contribution in [0.5, 0.6) is 0 Å². The SMILES string of the molecule is CNc1ncc(C#C[C@@H]2CCC[C@H](NC(=O)[C@H](C)N(C)C(=O)C=CCN(C)C)C2)c(NCc2ccccc2)n1. The van der Waals surface area contributed by atoms with Gasteiger partial charge >= 0.3 is 0 Å². The number of nitrogens with one attached hydrogen (secondary N) is 3. The number of carbonyl (C=O) groups excluding carboxylic acids is 2. The van der Waals surface area contributed by atoms with Gasteiger partial charge in [0.15, 0.2) is 0 Å². The summed E-state index contributed by atoms with van der Waals surface area (Å²) in [5, 5.41) is 9.51. The highest BCUT2D eigenvalue weighted by atomic mass is 16.2. The summed E-state index contributed by atoms with van der Waals surface area (Å²) >= 11 is 0. The molecule has 3 rings (SSSR count). The number of benzene rings is 1. The summed E-state index contributed by atoms with van der Waals surface area (Å²) in [5.41, 5.74) is 1.89. The number of amides is 2. The zero-order valence-corrected chi connectivity index (χ0v) is 23.7. The Labute approximate surface area is 232 Å². The maximum Gasteiger partial charge on any atom is 0.246 e. The minimum atomic E-state index is -0.561. The lowest BCUT2D eigenvalue weighted by Crippen LogP contribution is -2.49. The second-order valence-electron chi connectivity index (χ2n) is 10.2. The molecule has 3 atom stereocenters. The van der Waals surface area contributed by atoms with Crippen molar-refractivity contribution in [3.05, 3.63) is 59.8 Å². The maximum atomic E-state index is 12.9. The number of likely N-dealkylation sites (N-methyl/N-ethyl adjacent to an activating group) is 2. The summed E-state index contributed by atoms with van der Waals surface area (Å²) in [6, 6.07) is 9.60. The molecule has 0 unspecified atom stereocenters. The lowest BCUT2D eigenvalue weighted by atomic mass is 9.86. The number of aromatic nitrogens is 2. The van der Waals surface area contributed by atoms with Gasteiger partial charge in [0.05, 0.1) is 11.8 Å². The molecule has 2 aromatic rings. The summed E-state index contributed by atoms with van der Waals surface area (Å²) in [6.07, 6.45) is 8.69. The van der Waals surface area contributed by atoms with E-state index in [9.17, 15) is 9.59 Å². The highest BCUT2D eigenvalue weighted by molar-refractivity contribution is 5.92. The summed E-state index contributed by atoms with van der Waals surface area (Å²) in [7, 11) is 7.32. The fourth-order valence-electron chi connectivity index (χ4n) is 4.31. The standard InChI is InChI=1S/C30H41N7O2/c1-22(37(5)27(38)15-10-18-36(3)4)29(39)34-26-14-9-13-23(19-26)16-17-25-21-33-30(31-2)35-28(25)32-20-24-11-7-6-8-12-24/h6-8,10-12,15,21-23,26H,9,13-14,18-20H2,1-5H3,(H,34,39)(H2,31,32,33,35)/t22-,23-,26-/m0/s1. The predicted octanol–water partition coefficient (Wildman–Crippen LogP) is 3.12. The van der Waals surface area contributed by atoms with Gasteiger partial charge in [-0.1, -0.05) is 54.7 Å². The Morgan fingerprint density at radius 3 is 2.67 bits per heavy atom. The summed E-state index contributed by atoms with van der Waals surface area (Å²) < 4.78 is 0. The third-order valence-electron chi connectivity index (χ3n) is 6.79. The van der Waals surface area contributed by atoms with E-state index in [2.05, 4.69) is 49.9 Å². The molecule has 9 heteroatoms. The van der Waals surface area contributed by atoms with E-state index in [4.69, 9.17) is 0 Å². The van der Waals surface area contributed by atoms with Crippen LogP contribution in [0.2, 0.25) is 0 Å². The summed E-state index contributed by atoms with van der Waals surface area (Å²) in [5.74, 6) is 7.73. The number of carbonyl (C=O) groups is 2. The molecule has 1 aliphatic carbocycles. The molecule has 9 nitrogen and oxygen atoms in total. The highest BCUT2D eigenvalue weighted by Gasteiger charge is 2.26. The van der Waals surface area contributed by atoms with E-state index < -0.39 is 6.04 Å². The molecule has 0 radical (unpaired) electrons. The molecular weight excluding hydrogens is 490 g/mol. The van der Waals surface area contributed by atoms with Crippen LogP contribution in [-0.2, 0) is 16.1 Å². The zero-order valence-electron chi connectivity index (χ0n) is 23.7. The molecule has 1 aromatic heterocycles. The molecule has 1 saturated carbocycles. The molecule has 1 aliphatic rings. The zero-order chi connectivity index (χ0) is 28.2. The van der Waals surface area contributed by atoms with Gasteiger partial charge in [0.1, 0.15) is 11.9 Å². The number of nitrogens with zero attached hydrogens (tertiary/aromatic N) is 4. The molecule has 3 N–H and O–H groups in total. The van der Waals surface area contributed by atoms with E-state index in [0.717, 1.165) is 36.8 Å². The van der Waals surface area contributed by atoms with Crippen LogP contribution in [0.3, 0.4) is 0 Å². The molecule has 0 saturated heterocycles. The first-order valence-electron chi connectivity index (χ1n) is 13.5. The van der Waals surface area contributed by atoms with Gasteiger partial charge in [-0.15, -0.1) is 0 Å². The van der Waals surface area contributed by atoms with Gasteiger partial charge in [-0.25, -0.2) is 4.98 Å². The average Bonchev–Trinajstić information content (AvgIpc) is 2.94. The molecule has 0 spiro atoms. The van der Waals surface area contributed by atoms with Gasteiger partial charge in [-0.05, 0) is 45.8 Å². The number of hydrogen-bond acceptors (Lipinski definition) is 7. The topological polar surface area (TPSA) is 102 Å². The van der Waals surface area contributed by atoms with Crippen molar-refractivity contribution in [2.75, 3.05) is 45.4 Å². The van der Waals surface area contributed by atoms with Crippen LogP contribution < -0.4 is 16.0 Å². The first kappa shape index (κ1) is 29.7. The second-order valence-corrected chi connectivity index (χ2v) is 10.2. The van der Waals surface area contributed by atoms with Crippen molar-refractivity contribution in [3.8, 4) is 11.8 Å². The van der Waals surface area contributed by atoms with Gasteiger partial charge in [0.2, 0.25) is 17.8 Å². The number of rotatable bonds is 10. The van der Waals surface area contributed by atoms with Gasteiger partial charge in [0.25, 0.3) is 0 Å². The highest BCUT2D eigenvalue weighted by Crippen LogP contribution is 2.24. The van der Waals surface area contributed by atoms with Crippen LogP contribution in [0.1, 0.15) is 43.7 Å². The maximum absolute atomic E-state index is 12.9. The molecular formula is C30H41N7O2.